The van der Waals surface area contributed by atoms with E-state index in [2.05, 4.69) is 21.2 Å². The van der Waals surface area contributed by atoms with E-state index >= 15 is 0 Å². The number of nitro benzene ring substituents is 1. The van der Waals surface area contributed by atoms with Gasteiger partial charge in [0.05, 0.1) is 23.5 Å². The summed E-state index contributed by atoms with van der Waals surface area (Å²) >= 11 is 4.89. The van der Waals surface area contributed by atoms with Gasteiger partial charge in [0, 0.05) is 21.5 Å². The first kappa shape index (κ1) is 19.3. The number of nitrogens with one attached hydrogen (secondary N) is 1. The molecule has 0 fully saturated rings. The van der Waals surface area contributed by atoms with E-state index in [0.717, 1.165) is 20.5 Å². The van der Waals surface area contributed by atoms with E-state index in [1.165, 1.54) is 37.1 Å². The van der Waals surface area contributed by atoms with Gasteiger partial charge in [0.2, 0.25) is 5.91 Å². The number of hydrogen-bond acceptors (Lipinski definition) is 5. The van der Waals surface area contributed by atoms with Gasteiger partial charge in [-0.05, 0) is 43.2 Å². The Labute approximate surface area is 158 Å². The minimum Gasteiger partial charge on any atom is -0.495 e. The molecule has 0 radical (unpaired) electrons. The van der Waals surface area contributed by atoms with Crippen molar-refractivity contribution in [3.63, 3.8) is 0 Å². The second-order valence-corrected chi connectivity index (χ2v) is 7.22. The number of rotatable bonds is 6. The number of carbonyl (C=O) groups excluding carboxylic acids is 1. The Morgan fingerprint density at radius 3 is 2.64 bits per heavy atom. The van der Waals surface area contributed by atoms with Crippen molar-refractivity contribution in [3.05, 3.63) is 56.0 Å². The van der Waals surface area contributed by atoms with Crippen LogP contribution in [0.2, 0.25) is 0 Å². The zero-order valence-electron chi connectivity index (χ0n) is 14.0. The summed E-state index contributed by atoms with van der Waals surface area (Å²) in [6.07, 6.45) is 0. The molecule has 0 aromatic heterocycles. The molecule has 6 nitrogen and oxygen atoms in total. The minimum absolute atomic E-state index is 0.108. The maximum absolute atomic E-state index is 12.2. The van der Waals surface area contributed by atoms with E-state index < -0.39 is 4.92 Å². The number of hydrogen-bond donors (Lipinski definition) is 1. The Kier molecular flexibility index (Phi) is 6.44. The van der Waals surface area contributed by atoms with Crippen molar-refractivity contribution >= 4 is 45.0 Å². The van der Waals surface area contributed by atoms with Crippen molar-refractivity contribution in [2.24, 2.45) is 0 Å². The Hall–Kier alpha value is -2.06. The normalized spacial score (nSPS) is 10.4. The Morgan fingerprint density at radius 2 is 2.00 bits per heavy atom. The predicted octanol–water partition coefficient (Wildman–Crippen LogP) is 4.71. The number of nitrogens with zero attached hydrogens (tertiary/aromatic N) is 1. The van der Waals surface area contributed by atoms with Crippen LogP contribution in [0, 0.1) is 24.0 Å². The Bertz CT molecular complexity index is 827. The molecule has 1 amide bonds. The molecular formula is C17H17BrN2O4S. The molecule has 25 heavy (non-hydrogen) atoms. The molecule has 0 saturated carbocycles. The summed E-state index contributed by atoms with van der Waals surface area (Å²) in [4.78, 5) is 23.6. The molecule has 132 valence electrons. The molecule has 8 heteroatoms. The smallest absolute Gasteiger partial charge is 0.271 e. The second kappa shape index (κ2) is 8.35. The second-order valence-electron chi connectivity index (χ2n) is 5.35. The van der Waals surface area contributed by atoms with Gasteiger partial charge in [-0.2, -0.15) is 0 Å². The summed E-state index contributed by atoms with van der Waals surface area (Å²) in [5.41, 5.74) is 2.34. The molecule has 2 aromatic carbocycles. The van der Waals surface area contributed by atoms with Gasteiger partial charge >= 0.3 is 0 Å². The number of amides is 1. The van der Waals surface area contributed by atoms with Gasteiger partial charge in [-0.25, -0.2) is 0 Å². The Balaban J connectivity index is 2.09. The molecule has 0 aliphatic carbocycles. The van der Waals surface area contributed by atoms with Crippen LogP contribution in [-0.2, 0) is 4.79 Å². The number of carbonyl (C=O) groups is 1. The first-order valence-corrected chi connectivity index (χ1v) is 9.11. The van der Waals surface area contributed by atoms with E-state index in [1.807, 2.05) is 26.0 Å². The highest BCUT2D eigenvalue weighted by atomic mass is 79.9. The summed E-state index contributed by atoms with van der Waals surface area (Å²) < 4.78 is 6.17. The van der Waals surface area contributed by atoms with E-state index in [0.29, 0.717) is 5.75 Å². The van der Waals surface area contributed by atoms with Crippen molar-refractivity contribution in [1.82, 2.24) is 0 Å². The van der Waals surface area contributed by atoms with Crippen LogP contribution in [0.1, 0.15) is 11.1 Å². The van der Waals surface area contributed by atoms with Crippen molar-refractivity contribution in [2.45, 2.75) is 18.7 Å². The van der Waals surface area contributed by atoms with Crippen LogP contribution >= 0.6 is 27.7 Å². The molecule has 2 rings (SSSR count). The van der Waals surface area contributed by atoms with Crippen molar-refractivity contribution in [2.75, 3.05) is 18.2 Å². The van der Waals surface area contributed by atoms with E-state index in [-0.39, 0.29) is 23.0 Å². The van der Waals surface area contributed by atoms with Crippen LogP contribution in [0.5, 0.6) is 5.75 Å². The SMILES string of the molecule is COc1ccc([N+](=O)[O-])cc1NC(=O)CSc1cc(C)c(Br)cc1C. The van der Waals surface area contributed by atoms with E-state index in [9.17, 15) is 14.9 Å². The maximum Gasteiger partial charge on any atom is 0.271 e. The highest BCUT2D eigenvalue weighted by Gasteiger charge is 2.14. The molecule has 0 unspecified atom stereocenters. The monoisotopic (exact) mass is 424 g/mol. The largest absolute Gasteiger partial charge is 0.495 e. The van der Waals surface area contributed by atoms with E-state index in [4.69, 9.17) is 4.74 Å². The third kappa shape index (κ3) is 4.96. The fourth-order valence-corrected chi connectivity index (χ4v) is 3.51. The molecular weight excluding hydrogens is 408 g/mol. The molecule has 0 atom stereocenters. The van der Waals surface area contributed by atoms with Gasteiger partial charge in [0.1, 0.15) is 5.75 Å². The highest BCUT2D eigenvalue weighted by molar-refractivity contribution is 9.10. The standard InChI is InChI=1S/C17H17BrN2O4S/c1-10-7-16(11(2)6-13(10)18)25-9-17(21)19-14-8-12(20(22)23)4-5-15(14)24-3/h4-8H,9H2,1-3H3,(H,19,21). The summed E-state index contributed by atoms with van der Waals surface area (Å²) in [5.74, 6) is 0.302. The van der Waals surface area contributed by atoms with Crippen molar-refractivity contribution in [3.8, 4) is 5.75 Å². The van der Waals surface area contributed by atoms with Crippen LogP contribution in [0.3, 0.4) is 0 Å². The van der Waals surface area contributed by atoms with Crippen LogP contribution in [0.4, 0.5) is 11.4 Å². The molecule has 0 aliphatic rings. The first-order valence-electron chi connectivity index (χ1n) is 7.33. The fourth-order valence-electron chi connectivity index (χ4n) is 2.15. The number of anilines is 1. The van der Waals surface area contributed by atoms with Gasteiger partial charge in [0.25, 0.3) is 5.69 Å². The van der Waals surface area contributed by atoms with Gasteiger partial charge in [-0.1, -0.05) is 15.9 Å². The molecule has 2 aromatic rings. The third-order valence-corrected chi connectivity index (χ3v) is 5.49. The number of methoxy groups -OCH3 is 1. The van der Waals surface area contributed by atoms with Crippen LogP contribution in [0.25, 0.3) is 0 Å². The molecule has 0 spiro atoms. The molecule has 0 aliphatic heterocycles. The Morgan fingerprint density at radius 1 is 1.28 bits per heavy atom. The molecule has 0 bridgehead atoms. The number of thioether (sulfide) groups is 1. The maximum atomic E-state index is 12.2. The zero-order valence-corrected chi connectivity index (χ0v) is 16.4. The van der Waals surface area contributed by atoms with Gasteiger partial charge in [0.15, 0.2) is 0 Å². The average molecular weight is 425 g/mol. The summed E-state index contributed by atoms with van der Waals surface area (Å²) in [6, 6.07) is 8.11. The molecule has 0 saturated heterocycles. The minimum atomic E-state index is -0.516. The number of aryl methyl sites for hydroxylation is 2. The summed E-state index contributed by atoms with van der Waals surface area (Å²) in [5, 5.41) is 13.6. The van der Waals surface area contributed by atoms with Gasteiger partial charge in [-0.3, -0.25) is 14.9 Å². The fraction of sp³-hybridized carbons (Fsp3) is 0.235. The summed E-state index contributed by atoms with van der Waals surface area (Å²) in [6.45, 7) is 3.97. The van der Waals surface area contributed by atoms with Crippen molar-refractivity contribution in [1.29, 1.82) is 0 Å². The number of ether oxygens (including phenoxy) is 1. The number of non-ortho nitro benzene ring substituents is 1. The quantitative estimate of drug-likeness (QED) is 0.412. The van der Waals surface area contributed by atoms with E-state index in [1.54, 1.807) is 0 Å². The highest BCUT2D eigenvalue weighted by Crippen LogP contribution is 2.31. The third-order valence-electron chi connectivity index (χ3n) is 3.48. The number of nitro groups is 1. The lowest BCUT2D eigenvalue weighted by Gasteiger charge is -2.11. The van der Waals surface area contributed by atoms with Gasteiger partial charge in [-0.15, -0.1) is 11.8 Å². The van der Waals surface area contributed by atoms with Crippen LogP contribution < -0.4 is 10.1 Å². The van der Waals surface area contributed by atoms with Crippen LogP contribution in [-0.4, -0.2) is 23.7 Å². The number of benzene rings is 2. The lowest BCUT2D eigenvalue weighted by Crippen LogP contribution is -2.15. The van der Waals surface area contributed by atoms with Gasteiger partial charge < -0.3 is 10.1 Å². The lowest BCUT2D eigenvalue weighted by atomic mass is 10.2. The number of halogens is 1. The topological polar surface area (TPSA) is 81.5 Å². The first-order chi connectivity index (χ1) is 11.8. The molecule has 1 N–H and O–H groups in total. The average Bonchev–Trinajstić information content (AvgIpc) is 2.56. The van der Waals surface area contributed by atoms with Crippen LogP contribution in [0.15, 0.2) is 39.7 Å². The molecule has 0 heterocycles. The zero-order chi connectivity index (χ0) is 18.6. The lowest BCUT2D eigenvalue weighted by molar-refractivity contribution is -0.384. The summed E-state index contributed by atoms with van der Waals surface area (Å²) in [7, 11) is 1.44. The predicted molar refractivity (Wildman–Crippen MR) is 103 cm³/mol. The van der Waals surface area contributed by atoms with Crippen molar-refractivity contribution < 1.29 is 14.5 Å².